The number of nitrogens with two attached hydrogens (primary N) is 1. The SMILES string of the molecule is C=CC[C@@H](N)c1cccc2c1OCCO2.Cl. The van der Waals surface area contributed by atoms with E-state index in [9.17, 15) is 0 Å². The van der Waals surface area contributed by atoms with Crippen LogP contribution in [-0.4, -0.2) is 13.2 Å². The van der Waals surface area contributed by atoms with Crippen molar-refractivity contribution in [2.75, 3.05) is 13.2 Å². The molecule has 0 saturated heterocycles. The number of hydrogen-bond acceptors (Lipinski definition) is 3. The molecule has 1 aromatic rings. The van der Waals surface area contributed by atoms with Gasteiger partial charge in [-0.1, -0.05) is 18.2 Å². The topological polar surface area (TPSA) is 44.5 Å². The second-order valence-corrected chi connectivity index (χ2v) is 3.50. The molecule has 0 unspecified atom stereocenters. The van der Waals surface area contributed by atoms with Crippen LogP contribution in [0.5, 0.6) is 11.5 Å². The lowest BCUT2D eigenvalue weighted by Crippen LogP contribution is -2.19. The standard InChI is InChI=1S/C12H15NO2.ClH/c1-2-4-10(13)9-5-3-6-11-12(9)15-8-7-14-11;/h2-3,5-6,10H,1,4,7-8,13H2;1H/t10-;/m1./s1. The van der Waals surface area contributed by atoms with Crippen LogP contribution in [-0.2, 0) is 0 Å². The van der Waals surface area contributed by atoms with Gasteiger partial charge in [-0.05, 0) is 12.5 Å². The first-order valence-corrected chi connectivity index (χ1v) is 5.08. The van der Waals surface area contributed by atoms with E-state index in [0.717, 1.165) is 23.5 Å². The Hall–Kier alpha value is -1.19. The molecule has 0 aliphatic carbocycles. The lowest BCUT2D eigenvalue weighted by Gasteiger charge is -2.23. The molecule has 2 N–H and O–H groups in total. The van der Waals surface area contributed by atoms with Crippen molar-refractivity contribution in [1.82, 2.24) is 0 Å². The molecule has 1 aliphatic rings. The molecule has 0 spiro atoms. The molecule has 16 heavy (non-hydrogen) atoms. The molecule has 4 heteroatoms. The zero-order valence-corrected chi connectivity index (χ0v) is 9.83. The van der Waals surface area contributed by atoms with Crippen molar-refractivity contribution in [3.8, 4) is 11.5 Å². The van der Waals surface area contributed by atoms with Gasteiger partial charge >= 0.3 is 0 Å². The maximum Gasteiger partial charge on any atom is 0.166 e. The number of fused-ring (bicyclic) bond motifs is 1. The largest absolute Gasteiger partial charge is 0.486 e. The van der Waals surface area contributed by atoms with Gasteiger partial charge in [0, 0.05) is 11.6 Å². The summed E-state index contributed by atoms with van der Waals surface area (Å²) in [5.41, 5.74) is 7.02. The lowest BCUT2D eigenvalue weighted by atomic mass is 10.0. The van der Waals surface area contributed by atoms with E-state index in [1.165, 1.54) is 0 Å². The van der Waals surface area contributed by atoms with Gasteiger partial charge in [-0.3, -0.25) is 0 Å². The van der Waals surface area contributed by atoms with E-state index in [1.54, 1.807) is 0 Å². The molecule has 1 atom stereocenters. The fourth-order valence-electron chi connectivity index (χ4n) is 1.69. The molecule has 1 aromatic carbocycles. The van der Waals surface area contributed by atoms with Crippen molar-refractivity contribution in [2.45, 2.75) is 12.5 Å². The normalized spacial score (nSPS) is 14.8. The average Bonchev–Trinajstić information content (AvgIpc) is 2.28. The van der Waals surface area contributed by atoms with Gasteiger partial charge in [0.15, 0.2) is 11.5 Å². The van der Waals surface area contributed by atoms with Crippen LogP contribution in [0.25, 0.3) is 0 Å². The second-order valence-electron chi connectivity index (χ2n) is 3.50. The monoisotopic (exact) mass is 241 g/mol. The summed E-state index contributed by atoms with van der Waals surface area (Å²) in [6, 6.07) is 5.74. The highest BCUT2D eigenvalue weighted by Gasteiger charge is 2.18. The Kier molecular flexibility index (Phi) is 4.65. The van der Waals surface area contributed by atoms with E-state index in [-0.39, 0.29) is 18.4 Å². The minimum Gasteiger partial charge on any atom is -0.486 e. The van der Waals surface area contributed by atoms with Crippen molar-refractivity contribution in [1.29, 1.82) is 0 Å². The van der Waals surface area contributed by atoms with E-state index in [1.807, 2.05) is 24.3 Å². The number of rotatable bonds is 3. The predicted molar refractivity (Wildman–Crippen MR) is 66.4 cm³/mol. The van der Waals surface area contributed by atoms with Gasteiger partial charge in [0.05, 0.1) is 0 Å². The fourth-order valence-corrected chi connectivity index (χ4v) is 1.69. The van der Waals surface area contributed by atoms with Crippen LogP contribution in [0, 0.1) is 0 Å². The Balaban J connectivity index is 0.00000128. The summed E-state index contributed by atoms with van der Waals surface area (Å²) in [5, 5.41) is 0. The number of para-hydroxylation sites is 1. The third-order valence-corrected chi connectivity index (χ3v) is 2.42. The molecular weight excluding hydrogens is 226 g/mol. The van der Waals surface area contributed by atoms with Gasteiger partial charge in [-0.15, -0.1) is 19.0 Å². The van der Waals surface area contributed by atoms with Crippen molar-refractivity contribution in [3.05, 3.63) is 36.4 Å². The second kappa shape index (κ2) is 5.77. The summed E-state index contributed by atoms with van der Waals surface area (Å²) >= 11 is 0. The van der Waals surface area contributed by atoms with Gasteiger partial charge in [0.2, 0.25) is 0 Å². The van der Waals surface area contributed by atoms with E-state index < -0.39 is 0 Å². The summed E-state index contributed by atoms with van der Waals surface area (Å²) in [4.78, 5) is 0. The van der Waals surface area contributed by atoms with E-state index >= 15 is 0 Å². The Labute approximate surface area is 102 Å². The van der Waals surface area contributed by atoms with E-state index in [0.29, 0.717) is 13.2 Å². The molecule has 1 aliphatic heterocycles. The van der Waals surface area contributed by atoms with Crippen molar-refractivity contribution in [3.63, 3.8) is 0 Å². The smallest absolute Gasteiger partial charge is 0.166 e. The third-order valence-electron chi connectivity index (χ3n) is 2.42. The predicted octanol–water partition coefficient (Wildman–Crippen LogP) is 2.46. The summed E-state index contributed by atoms with van der Waals surface area (Å²) in [5.74, 6) is 1.58. The Bertz CT molecular complexity index is 368. The zero-order valence-electron chi connectivity index (χ0n) is 9.02. The van der Waals surface area contributed by atoms with Gasteiger partial charge < -0.3 is 15.2 Å². The van der Waals surface area contributed by atoms with Crippen LogP contribution in [0.4, 0.5) is 0 Å². The van der Waals surface area contributed by atoms with Crippen LogP contribution in [0.1, 0.15) is 18.0 Å². The Morgan fingerprint density at radius 1 is 1.38 bits per heavy atom. The number of benzene rings is 1. The highest BCUT2D eigenvalue weighted by atomic mass is 35.5. The summed E-state index contributed by atoms with van der Waals surface area (Å²) in [7, 11) is 0. The lowest BCUT2D eigenvalue weighted by molar-refractivity contribution is 0.169. The molecule has 0 saturated carbocycles. The van der Waals surface area contributed by atoms with E-state index in [2.05, 4.69) is 6.58 Å². The highest BCUT2D eigenvalue weighted by molar-refractivity contribution is 5.85. The summed E-state index contributed by atoms with van der Waals surface area (Å²) in [6.07, 6.45) is 2.55. The number of halogens is 1. The molecule has 88 valence electrons. The first-order valence-electron chi connectivity index (χ1n) is 5.08. The Morgan fingerprint density at radius 3 is 2.88 bits per heavy atom. The van der Waals surface area contributed by atoms with E-state index in [4.69, 9.17) is 15.2 Å². The highest BCUT2D eigenvalue weighted by Crippen LogP contribution is 2.36. The first-order chi connectivity index (χ1) is 7.33. The van der Waals surface area contributed by atoms with Crippen LogP contribution >= 0.6 is 12.4 Å². The third kappa shape index (κ3) is 2.49. The number of hydrogen-bond donors (Lipinski definition) is 1. The minimum atomic E-state index is -0.0702. The summed E-state index contributed by atoms with van der Waals surface area (Å²) < 4.78 is 11.1. The fraction of sp³-hybridized carbons (Fsp3) is 0.333. The van der Waals surface area contributed by atoms with Gasteiger partial charge in [0.25, 0.3) is 0 Å². The van der Waals surface area contributed by atoms with Crippen LogP contribution in [0.3, 0.4) is 0 Å². The van der Waals surface area contributed by atoms with Crippen LogP contribution in [0.15, 0.2) is 30.9 Å². The zero-order chi connectivity index (χ0) is 10.7. The molecule has 0 aromatic heterocycles. The van der Waals surface area contributed by atoms with Crippen LogP contribution < -0.4 is 15.2 Å². The molecule has 3 nitrogen and oxygen atoms in total. The molecule has 0 fully saturated rings. The molecule has 0 radical (unpaired) electrons. The van der Waals surface area contributed by atoms with Crippen LogP contribution in [0.2, 0.25) is 0 Å². The van der Waals surface area contributed by atoms with Crippen molar-refractivity contribution < 1.29 is 9.47 Å². The summed E-state index contributed by atoms with van der Waals surface area (Å²) in [6.45, 7) is 4.88. The average molecular weight is 242 g/mol. The van der Waals surface area contributed by atoms with Crippen molar-refractivity contribution >= 4 is 12.4 Å². The molecule has 0 bridgehead atoms. The minimum absolute atomic E-state index is 0. The van der Waals surface area contributed by atoms with Gasteiger partial charge in [-0.2, -0.15) is 0 Å². The number of ether oxygens (including phenoxy) is 2. The quantitative estimate of drug-likeness (QED) is 0.827. The molecule has 1 heterocycles. The van der Waals surface area contributed by atoms with Crippen molar-refractivity contribution in [2.24, 2.45) is 5.73 Å². The maximum absolute atomic E-state index is 6.02. The molecule has 0 amide bonds. The molecule has 2 rings (SSSR count). The van der Waals surface area contributed by atoms with Gasteiger partial charge in [0.1, 0.15) is 13.2 Å². The Morgan fingerprint density at radius 2 is 2.12 bits per heavy atom. The molecular formula is C12H16ClNO2. The van der Waals surface area contributed by atoms with Gasteiger partial charge in [-0.25, -0.2) is 0 Å². The first kappa shape index (κ1) is 12.9. The maximum atomic E-state index is 6.02.